The van der Waals surface area contributed by atoms with Gasteiger partial charge in [0.2, 0.25) is 5.91 Å². The molecule has 0 N–H and O–H groups in total. The number of piperidine rings is 1. The molecule has 2 fully saturated rings. The van der Waals surface area contributed by atoms with Crippen LogP contribution in [0, 0.1) is 5.92 Å². The van der Waals surface area contributed by atoms with E-state index in [2.05, 4.69) is 82.6 Å². The van der Waals surface area contributed by atoms with E-state index in [0.29, 0.717) is 24.9 Å². The second-order valence-corrected chi connectivity index (χ2v) is 15.1. The largest absolute Gasteiger partial charge is 0.493 e. The Hall–Kier alpha value is -3.64. The van der Waals surface area contributed by atoms with Gasteiger partial charge >= 0.3 is 0 Å². The summed E-state index contributed by atoms with van der Waals surface area (Å²) < 4.78 is 13.0. The van der Waals surface area contributed by atoms with Crippen LogP contribution in [0.1, 0.15) is 93.4 Å². The molecular formula is C43H54N2O4. The molecule has 1 saturated heterocycles. The van der Waals surface area contributed by atoms with Gasteiger partial charge in [0.05, 0.1) is 19.7 Å². The van der Waals surface area contributed by atoms with Crippen molar-refractivity contribution in [1.29, 1.82) is 0 Å². The maximum atomic E-state index is 14.4. The third kappa shape index (κ3) is 6.78. The lowest BCUT2D eigenvalue weighted by Crippen LogP contribution is -2.69. The summed E-state index contributed by atoms with van der Waals surface area (Å²) >= 11 is 0. The fourth-order valence-electron chi connectivity index (χ4n) is 10.0. The molecule has 49 heavy (non-hydrogen) atoms. The highest BCUT2D eigenvalue weighted by Gasteiger charge is 2.66. The quantitative estimate of drug-likeness (QED) is 0.147. The Morgan fingerprint density at radius 3 is 2.29 bits per heavy atom. The number of carbonyl (C=O) groups excluding carboxylic acids is 2. The van der Waals surface area contributed by atoms with Gasteiger partial charge in [0.1, 0.15) is 11.9 Å². The molecule has 260 valence electrons. The maximum absolute atomic E-state index is 14.4. The monoisotopic (exact) mass is 662 g/mol. The maximum Gasteiger partial charge on any atom is 0.222 e. The van der Waals surface area contributed by atoms with Crippen molar-refractivity contribution in [2.45, 2.75) is 114 Å². The summed E-state index contributed by atoms with van der Waals surface area (Å²) in [6.45, 7) is 3.86. The standard InChI is InChI=1S/C43H54N2O4/c1-31(46)30-44-28-26-43-35-23-24-36(42(43)49-41-38(48-2)25-22-34(40(41)43)29-37(35)44)45(27-14-20-33-18-11-7-12-19-33)39(47)21-13-5-3-4-8-15-32-16-9-6-10-17-32/h6-7,9-12,16-19,22,25,35-37,42H,3-5,8,13-15,20-21,23-24,26-30H2,1-2H3/t35-,36+,37+,42-,43-/m0/s1. The first kappa shape index (κ1) is 33.8. The fraction of sp³-hybridized carbons (Fsp3) is 0.535. The number of Topliss-reactive ketones (excluding diaryl/α,β-unsaturated/α-hetero) is 1. The molecule has 2 heterocycles. The van der Waals surface area contributed by atoms with Crippen molar-refractivity contribution in [2.24, 2.45) is 5.92 Å². The number of methoxy groups -OCH3 is 1. The molecule has 0 aromatic heterocycles. The van der Waals surface area contributed by atoms with Gasteiger partial charge in [-0.15, -0.1) is 0 Å². The molecule has 6 nitrogen and oxygen atoms in total. The van der Waals surface area contributed by atoms with E-state index in [4.69, 9.17) is 9.47 Å². The van der Waals surface area contributed by atoms with Crippen molar-refractivity contribution < 1.29 is 19.1 Å². The number of ketones is 1. The van der Waals surface area contributed by atoms with Crippen LogP contribution in [-0.2, 0) is 34.3 Å². The summed E-state index contributed by atoms with van der Waals surface area (Å²) in [6, 6.07) is 26.0. The zero-order valence-electron chi connectivity index (χ0n) is 29.6. The Labute approximate surface area is 293 Å². The summed E-state index contributed by atoms with van der Waals surface area (Å²) in [7, 11) is 1.73. The molecule has 3 aromatic carbocycles. The van der Waals surface area contributed by atoms with Crippen LogP contribution >= 0.6 is 0 Å². The molecule has 5 atom stereocenters. The summed E-state index contributed by atoms with van der Waals surface area (Å²) in [5.74, 6) is 2.63. The van der Waals surface area contributed by atoms with Crippen LogP contribution in [0.15, 0.2) is 72.8 Å². The lowest BCUT2D eigenvalue weighted by Gasteiger charge is -2.60. The van der Waals surface area contributed by atoms with Crippen LogP contribution < -0.4 is 9.47 Å². The van der Waals surface area contributed by atoms with Gasteiger partial charge < -0.3 is 14.4 Å². The van der Waals surface area contributed by atoms with Crippen molar-refractivity contribution in [1.82, 2.24) is 9.80 Å². The highest BCUT2D eigenvalue weighted by Crippen LogP contribution is 2.64. The number of carbonyl (C=O) groups is 2. The van der Waals surface area contributed by atoms with Gasteiger partial charge in [0.25, 0.3) is 0 Å². The number of hydrogen-bond acceptors (Lipinski definition) is 5. The van der Waals surface area contributed by atoms with Gasteiger partial charge in [-0.1, -0.05) is 86.0 Å². The van der Waals surface area contributed by atoms with Gasteiger partial charge in [-0.05, 0) is 99.9 Å². The topological polar surface area (TPSA) is 59.1 Å². The number of aryl methyl sites for hydroxylation is 2. The summed E-state index contributed by atoms with van der Waals surface area (Å²) in [5, 5.41) is 0. The highest BCUT2D eigenvalue weighted by molar-refractivity contribution is 5.78. The molecular weight excluding hydrogens is 608 g/mol. The van der Waals surface area contributed by atoms with Crippen LogP contribution in [0.5, 0.6) is 11.5 Å². The van der Waals surface area contributed by atoms with E-state index in [1.54, 1.807) is 14.0 Å². The molecule has 4 aliphatic rings. The number of nitrogens with zero attached hydrogens (tertiary/aromatic N) is 2. The number of likely N-dealkylation sites (tertiary alicyclic amines) is 1. The van der Waals surface area contributed by atoms with E-state index in [9.17, 15) is 9.59 Å². The lowest BCUT2D eigenvalue weighted by atomic mass is 9.51. The van der Waals surface area contributed by atoms with E-state index < -0.39 is 0 Å². The van der Waals surface area contributed by atoms with Crippen molar-refractivity contribution in [2.75, 3.05) is 26.7 Å². The minimum absolute atomic E-state index is 0.0217. The Bertz CT molecular complexity index is 1590. The number of rotatable bonds is 16. The molecule has 6 heteroatoms. The first-order chi connectivity index (χ1) is 24.0. The van der Waals surface area contributed by atoms with Crippen LogP contribution in [0.3, 0.4) is 0 Å². The molecule has 3 aromatic rings. The fourth-order valence-corrected chi connectivity index (χ4v) is 10.0. The van der Waals surface area contributed by atoms with Crippen LogP contribution in [-0.4, -0.2) is 66.4 Å². The number of benzene rings is 3. The van der Waals surface area contributed by atoms with E-state index in [1.165, 1.54) is 41.5 Å². The molecule has 7 rings (SSSR count). The lowest BCUT2D eigenvalue weighted by molar-refractivity contribution is -0.143. The average molecular weight is 663 g/mol. The van der Waals surface area contributed by atoms with Gasteiger partial charge in [0.15, 0.2) is 11.5 Å². The number of unbranched alkanes of at least 4 members (excludes halogenated alkanes) is 4. The number of amides is 1. The van der Waals surface area contributed by atoms with Gasteiger partial charge in [-0.2, -0.15) is 0 Å². The second-order valence-electron chi connectivity index (χ2n) is 15.1. The van der Waals surface area contributed by atoms with Crippen LogP contribution in [0.25, 0.3) is 0 Å². The molecule has 0 unspecified atom stereocenters. The Balaban J connectivity index is 1.09. The summed E-state index contributed by atoms with van der Waals surface area (Å²) in [4.78, 5) is 31.4. The highest BCUT2D eigenvalue weighted by atomic mass is 16.5. The minimum atomic E-state index is -0.158. The van der Waals surface area contributed by atoms with Gasteiger partial charge in [0, 0.05) is 30.0 Å². The van der Waals surface area contributed by atoms with Crippen LogP contribution in [0.2, 0.25) is 0 Å². The SMILES string of the molecule is COc1ccc2c3c1O[C@H]1[C@H](N(CCCc4ccccc4)C(=O)CCCCCCCc4ccccc4)CC[C@H]4[C@@H](C2)N(CC(C)=O)CC[C@@]341. The molecule has 0 radical (unpaired) electrons. The molecule has 2 aliphatic heterocycles. The Morgan fingerprint density at radius 1 is 0.878 bits per heavy atom. The third-order valence-electron chi connectivity index (χ3n) is 12.2. The Morgan fingerprint density at radius 2 is 1.57 bits per heavy atom. The van der Waals surface area contributed by atoms with Crippen molar-refractivity contribution in [3.63, 3.8) is 0 Å². The van der Waals surface area contributed by atoms with Crippen molar-refractivity contribution in [3.8, 4) is 11.5 Å². The molecule has 2 bridgehead atoms. The zero-order valence-corrected chi connectivity index (χ0v) is 29.6. The first-order valence-corrected chi connectivity index (χ1v) is 19.0. The summed E-state index contributed by atoms with van der Waals surface area (Å²) in [6.07, 6.45) is 13.0. The van der Waals surface area contributed by atoms with Gasteiger partial charge in [-0.25, -0.2) is 0 Å². The van der Waals surface area contributed by atoms with E-state index in [0.717, 1.165) is 82.4 Å². The third-order valence-corrected chi connectivity index (χ3v) is 12.2. The number of hydrogen-bond donors (Lipinski definition) is 0. The van der Waals surface area contributed by atoms with E-state index in [1.807, 2.05) is 0 Å². The normalized spacial score (nSPS) is 24.9. The minimum Gasteiger partial charge on any atom is -0.493 e. The summed E-state index contributed by atoms with van der Waals surface area (Å²) in [5.41, 5.74) is 5.25. The molecule has 1 amide bonds. The zero-order chi connectivity index (χ0) is 33.8. The molecule has 2 aliphatic carbocycles. The van der Waals surface area contributed by atoms with Crippen LogP contribution in [0.4, 0.5) is 0 Å². The molecule has 1 saturated carbocycles. The van der Waals surface area contributed by atoms with Crippen molar-refractivity contribution in [3.05, 3.63) is 95.1 Å². The first-order valence-electron chi connectivity index (χ1n) is 19.0. The predicted octanol–water partition coefficient (Wildman–Crippen LogP) is 7.74. The van der Waals surface area contributed by atoms with Crippen molar-refractivity contribution >= 4 is 11.7 Å². The number of ether oxygens (including phenoxy) is 2. The second kappa shape index (κ2) is 15.1. The smallest absolute Gasteiger partial charge is 0.222 e. The molecule has 1 spiro atoms. The predicted molar refractivity (Wildman–Crippen MR) is 194 cm³/mol. The van der Waals surface area contributed by atoms with Gasteiger partial charge in [-0.3, -0.25) is 14.5 Å². The average Bonchev–Trinajstić information content (AvgIpc) is 3.47. The van der Waals surface area contributed by atoms with E-state index >= 15 is 0 Å². The Kier molecular flexibility index (Phi) is 10.4. The van der Waals surface area contributed by atoms with E-state index in [-0.39, 0.29) is 29.3 Å².